The number of nitrogens with one attached hydrogen (secondary N) is 1. The van der Waals surface area contributed by atoms with Gasteiger partial charge in [-0.15, -0.1) is 0 Å². The third kappa shape index (κ3) is 2.27. The number of aliphatic hydroxyl groups is 1. The summed E-state index contributed by atoms with van der Waals surface area (Å²) in [5.74, 6) is 1.45. The van der Waals surface area contributed by atoms with Crippen molar-refractivity contribution in [3.63, 3.8) is 0 Å². The molecule has 1 aliphatic heterocycles. The molecule has 0 bridgehead atoms. The van der Waals surface area contributed by atoms with Gasteiger partial charge in [-0.2, -0.15) is 11.8 Å². The van der Waals surface area contributed by atoms with Crippen molar-refractivity contribution in [1.82, 2.24) is 5.32 Å². The lowest BCUT2D eigenvalue weighted by Crippen LogP contribution is -2.42. The van der Waals surface area contributed by atoms with Gasteiger partial charge in [-0.3, -0.25) is 0 Å². The quantitative estimate of drug-likeness (QED) is 0.583. The molecular formula is C6H11NO3S. The molecule has 0 aromatic rings. The number of hydrogen-bond donors (Lipinski definition) is 2. The number of rotatable bonds is 1. The van der Waals surface area contributed by atoms with Crippen LogP contribution in [0.3, 0.4) is 0 Å². The summed E-state index contributed by atoms with van der Waals surface area (Å²) in [5, 5.41) is 11.8. The summed E-state index contributed by atoms with van der Waals surface area (Å²) >= 11 is 1.62. The van der Waals surface area contributed by atoms with Crippen LogP contribution in [0.15, 0.2) is 0 Å². The van der Waals surface area contributed by atoms with Gasteiger partial charge in [0.15, 0.2) is 0 Å². The predicted octanol–water partition coefficient (Wildman–Crippen LogP) is -0.181. The van der Waals surface area contributed by atoms with Gasteiger partial charge in [0.25, 0.3) is 0 Å². The van der Waals surface area contributed by atoms with E-state index < -0.39 is 12.2 Å². The molecule has 4 nitrogen and oxygen atoms in total. The highest BCUT2D eigenvalue weighted by atomic mass is 32.2. The molecular weight excluding hydrogens is 166 g/mol. The van der Waals surface area contributed by atoms with Crippen LogP contribution >= 0.6 is 11.8 Å². The molecule has 64 valence electrons. The van der Waals surface area contributed by atoms with Gasteiger partial charge in [-0.1, -0.05) is 0 Å². The highest BCUT2D eigenvalue weighted by Crippen LogP contribution is 2.17. The Bertz CT molecular complexity index is 153. The van der Waals surface area contributed by atoms with Crippen molar-refractivity contribution in [2.45, 2.75) is 12.1 Å². The first-order valence-electron chi connectivity index (χ1n) is 3.34. The summed E-state index contributed by atoms with van der Waals surface area (Å²) in [6.07, 6.45) is -0.907. The van der Waals surface area contributed by atoms with Crippen molar-refractivity contribution in [3.05, 3.63) is 0 Å². The molecule has 0 aliphatic carbocycles. The van der Waals surface area contributed by atoms with Crippen LogP contribution in [0.5, 0.6) is 0 Å². The minimum absolute atomic E-state index is 0.146. The monoisotopic (exact) mass is 177 g/mol. The van der Waals surface area contributed by atoms with Gasteiger partial charge in [0.1, 0.15) is 0 Å². The first-order valence-corrected chi connectivity index (χ1v) is 4.50. The number of carbonyl (C=O) groups excluding carboxylic acids is 1. The number of carbonyl (C=O) groups is 1. The Morgan fingerprint density at radius 1 is 1.73 bits per heavy atom. The predicted molar refractivity (Wildman–Crippen MR) is 42.7 cm³/mol. The fraction of sp³-hybridized carbons (Fsp3) is 0.833. The fourth-order valence-corrected chi connectivity index (χ4v) is 2.06. The van der Waals surface area contributed by atoms with Gasteiger partial charge in [0.2, 0.25) is 0 Å². The van der Waals surface area contributed by atoms with E-state index in [1.165, 1.54) is 7.11 Å². The van der Waals surface area contributed by atoms with Crippen molar-refractivity contribution in [1.29, 1.82) is 0 Å². The van der Waals surface area contributed by atoms with E-state index in [1.807, 2.05) is 0 Å². The Morgan fingerprint density at radius 2 is 2.45 bits per heavy atom. The van der Waals surface area contributed by atoms with E-state index in [-0.39, 0.29) is 6.04 Å². The van der Waals surface area contributed by atoms with Crippen LogP contribution in [0.25, 0.3) is 0 Å². The number of ether oxygens (including phenoxy) is 1. The van der Waals surface area contributed by atoms with Crippen molar-refractivity contribution >= 4 is 17.9 Å². The lowest BCUT2D eigenvalue weighted by atomic mass is 10.2. The summed E-state index contributed by atoms with van der Waals surface area (Å²) in [5.41, 5.74) is 0. The number of hydrogen-bond acceptors (Lipinski definition) is 4. The van der Waals surface area contributed by atoms with Crippen LogP contribution < -0.4 is 5.32 Å². The normalized spacial score (nSPS) is 30.0. The number of alkyl carbamates (subject to hydrolysis) is 1. The zero-order valence-corrected chi connectivity index (χ0v) is 7.06. The van der Waals surface area contributed by atoms with E-state index in [0.29, 0.717) is 5.75 Å². The summed E-state index contributed by atoms with van der Waals surface area (Å²) in [7, 11) is 1.31. The van der Waals surface area contributed by atoms with E-state index in [0.717, 1.165) is 5.75 Å². The highest BCUT2D eigenvalue weighted by molar-refractivity contribution is 7.99. The summed E-state index contributed by atoms with van der Waals surface area (Å²) in [4.78, 5) is 10.7. The van der Waals surface area contributed by atoms with E-state index in [4.69, 9.17) is 0 Å². The molecule has 2 N–H and O–H groups in total. The Morgan fingerprint density at radius 3 is 2.91 bits per heavy atom. The Balaban J connectivity index is 2.30. The van der Waals surface area contributed by atoms with Gasteiger partial charge < -0.3 is 15.2 Å². The maximum absolute atomic E-state index is 10.7. The topological polar surface area (TPSA) is 58.6 Å². The van der Waals surface area contributed by atoms with Crippen LogP contribution in [0, 0.1) is 0 Å². The molecule has 2 atom stereocenters. The summed E-state index contributed by atoms with van der Waals surface area (Å²) in [6.45, 7) is 0. The Hall–Kier alpha value is -0.420. The molecule has 5 heteroatoms. The molecule has 2 unspecified atom stereocenters. The van der Waals surface area contributed by atoms with Crippen LogP contribution in [0.2, 0.25) is 0 Å². The maximum Gasteiger partial charge on any atom is 0.407 e. The first-order chi connectivity index (χ1) is 5.24. The lowest BCUT2D eigenvalue weighted by molar-refractivity contribution is 0.138. The number of methoxy groups -OCH3 is 1. The average Bonchev–Trinajstić information content (AvgIpc) is 2.37. The minimum atomic E-state index is -0.475. The van der Waals surface area contributed by atoms with E-state index in [1.54, 1.807) is 11.8 Å². The standard InChI is InChI=1S/C6H11NO3S/c1-10-6(9)7-4-2-11-3-5(4)8/h4-5,8H,2-3H2,1H3,(H,7,9). The lowest BCUT2D eigenvalue weighted by Gasteiger charge is -2.13. The molecule has 1 heterocycles. The Kier molecular flexibility index (Phi) is 3.02. The molecule has 0 spiro atoms. The number of amides is 1. The second-order valence-corrected chi connectivity index (χ2v) is 3.42. The summed E-state index contributed by atoms with van der Waals surface area (Å²) in [6, 6.07) is -0.146. The van der Waals surface area contributed by atoms with Crippen molar-refractivity contribution < 1.29 is 14.6 Å². The van der Waals surface area contributed by atoms with Crippen LogP contribution in [-0.4, -0.2) is 42.0 Å². The largest absolute Gasteiger partial charge is 0.453 e. The molecule has 0 radical (unpaired) electrons. The molecule has 0 aromatic heterocycles. The van der Waals surface area contributed by atoms with Gasteiger partial charge in [-0.05, 0) is 0 Å². The number of thioether (sulfide) groups is 1. The van der Waals surface area contributed by atoms with Gasteiger partial charge >= 0.3 is 6.09 Å². The zero-order valence-electron chi connectivity index (χ0n) is 6.24. The van der Waals surface area contributed by atoms with E-state index in [2.05, 4.69) is 10.1 Å². The number of aliphatic hydroxyl groups excluding tert-OH is 1. The van der Waals surface area contributed by atoms with Crippen LogP contribution in [-0.2, 0) is 4.74 Å². The van der Waals surface area contributed by atoms with Crippen LogP contribution in [0.1, 0.15) is 0 Å². The van der Waals surface area contributed by atoms with Gasteiger partial charge in [-0.25, -0.2) is 4.79 Å². The molecule has 1 aliphatic rings. The molecule has 1 fully saturated rings. The Labute approximate surface area is 69.3 Å². The van der Waals surface area contributed by atoms with Gasteiger partial charge in [0.05, 0.1) is 19.3 Å². The SMILES string of the molecule is COC(=O)NC1CSCC1O. The second kappa shape index (κ2) is 3.82. The van der Waals surface area contributed by atoms with Gasteiger partial charge in [0, 0.05) is 11.5 Å². The minimum Gasteiger partial charge on any atom is -0.453 e. The van der Waals surface area contributed by atoms with E-state index in [9.17, 15) is 9.90 Å². The second-order valence-electron chi connectivity index (χ2n) is 2.35. The van der Waals surface area contributed by atoms with E-state index >= 15 is 0 Å². The molecule has 11 heavy (non-hydrogen) atoms. The maximum atomic E-state index is 10.7. The molecule has 1 amide bonds. The van der Waals surface area contributed by atoms with Crippen molar-refractivity contribution in [2.24, 2.45) is 0 Å². The summed E-state index contributed by atoms with van der Waals surface area (Å²) < 4.78 is 4.39. The smallest absolute Gasteiger partial charge is 0.407 e. The molecule has 0 saturated carbocycles. The third-order valence-corrected chi connectivity index (χ3v) is 2.71. The van der Waals surface area contributed by atoms with Crippen LogP contribution in [0.4, 0.5) is 4.79 Å². The zero-order chi connectivity index (χ0) is 8.27. The van der Waals surface area contributed by atoms with Crippen molar-refractivity contribution in [3.8, 4) is 0 Å². The highest BCUT2D eigenvalue weighted by Gasteiger charge is 2.27. The average molecular weight is 177 g/mol. The van der Waals surface area contributed by atoms with Crippen molar-refractivity contribution in [2.75, 3.05) is 18.6 Å². The molecule has 0 aromatic carbocycles. The fourth-order valence-electron chi connectivity index (χ4n) is 0.891. The molecule has 1 rings (SSSR count). The third-order valence-electron chi connectivity index (χ3n) is 1.54. The molecule has 1 saturated heterocycles. The first kappa shape index (κ1) is 8.67.